The van der Waals surface area contributed by atoms with Crippen molar-refractivity contribution < 1.29 is 9.47 Å². The van der Waals surface area contributed by atoms with Crippen LogP contribution in [0.1, 0.15) is 12.5 Å². The molecule has 0 bridgehead atoms. The zero-order valence-electron chi connectivity index (χ0n) is 10.4. The molecule has 1 unspecified atom stereocenters. The lowest BCUT2D eigenvalue weighted by Gasteiger charge is -2.24. The van der Waals surface area contributed by atoms with E-state index in [9.17, 15) is 0 Å². The summed E-state index contributed by atoms with van der Waals surface area (Å²) in [7, 11) is 3.26. The molecule has 0 aliphatic heterocycles. The number of nitrogens with one attached hydrogen (secondary N) is 1. The zero-order valence-corrected chi connectivity index (χ0v) is 13.6. The SMILES string of the molecule is COC(OC)C(C)Nc1c(Br)cc(C)cc1Br. The highest BCUT2D eigenvalue weighted by Crippen LogP contribution is 2.33. The van der Waals surface area contributed by atoms with Crippen molar-refractivity contribution in [2.75, 3.05) is 19.5 Å². The second kappa shape index (κ2) is 6.73. The number of hydrogen-bond acceptors (Lipinski definition) is 3. The molecule has 1 rings (SSSR count). The minimum absolute atomic E-state index is 0.0420. The van der Waals surface area contributed by atoms with Crippen LogP contribution in [0.2, 0.25) is 0 Å². The number of methoxy groups -OCH3 is 2. The van der Waals surface area contributed by atoms with Gasteiger partial charge in [-0.05, 0) is 63.4 Å². The monoisotopic (exact) mass is 365 g/mol. The fourth-order valence-corrected chi connectivity index (χ4v) is 3.28. The lowest BCUT2D eigenvalue weighted by molar-refractivity contribution is -0.109. The lowest BCUT2D eigenvalue weighted by atomic mass is 10.2. The van der Waals surface area contributed by atoms with Gasteiger partial charge in [0.05, 0.1) is 11.7 Å². The molecule has 3 nitrogen and oxygen atoms in total. The molecular weight excluding hydrogens is 350 g/mol. The summed E-state index contributed by atoms with van der Waals surface area (Å²) in [5.41, 5.74) is 2.19. The molecule has 96 valence electrons. The van der Waals surface area contributed by atoms with Crippen LogP contribution in [0.5, 0.6) is 0 Å². The van der Waals surface area contributed by atoms with Gasteiger partial charge in [-0.25, -0.2) is 0 Å². The number of anilines is 1. The van der Waals surface area contributed by atoms with Gasteiger partial charge < -0.3 is 14.8 Å². The molecule has 1 atom stereocenters. The first kappa shape index (κ1) is 15.0. The van der Waals surface area contributed by atoms with Gasteiger partial charge in [0.1, 0.15) is 0 Å². The van der Waals surface area contributed by atoms with E-state index in [1.54, 1.807) is 14.2 Å². The maximum Gasteiger partial charge on any atom is 0.176 e. The Bertz CT molecular complexity index is 358. The Morgan fingerprint density at radius 3 is 2.00 bits per heavy atom. The number of hydrogen-bond donors (Lipinski definition) is 1. The molecule has 0 spiro atoms. The standard InChI is InChI=1S/C12H17Br2NO2/c1-7-5-9(13)11(10(14)6-7)15-8(2)12(16-3)17-4/h5-6,8,12,15H,1-4H3. The largest absolute Gasteiger partial charge is 0.376 e. The van der Waals surface area contributed by atoms with Crippen molar-refractivity contribution in [1.82, 2.24) is 0 Å². The fourth-order valence-electron chi connectivity index (χ4n) is 1.64. The van der Waals surface area contributed by atoms with E-state index in [1.165, 1.54) is 5.56 Å². The zero-order chi connectivity index (χ0) is 13.0. The van der Waals surface area contributed by atoms with Crippen molar-refractivity contribution in [2.24, 2.45) is 0 Å². The van der Waals surface area contributed by atoms with Gasteiger partial charge in [0.25, 0.3) is 0 Å². The van der Waals surface area contributed by atoms with Crippen LogP contribution in [-0.4, -0.2) is 26.6 Å². The van der Waals surface area contributed by atoms with E-state index in [-0.39, 0.29) is 12.3 Å². The second-order valence-corrected chi connectivity index (χ2v) is 5.59. The molecule has 0 aliphatic carbocycles. The number of benzene rings is 1. The molecule has 0 radical (unpaired) electrons. The third-order valence-corrected chi connectivity index (χ3v) is 3.68. The highest BCUT2D eigenvalue weighted by Gasteiger charge is 2.17. The van der Waals surface area contributed by atoms with Crippen LogP contribution in [-0.2, 0) is 9.47 Å². The summed E-state index contributed by atoms with van der Waals surface area (Å²) >= 11 is 7.09. The molecule has 17 heavy (non-hydrogen) atoms. The van der Waals surface area contributed by atoms with Crippen LogP contribution in [0.4, 0.5) is 5.69 Å². The van der Waals surface area contributed by atoms with Crippen LogP contribution >= 0.6 is 31.9 Å². The number of aryl methyl sites for hydroxylation is 1. The second-order valence-electron chi connectivity index (χ2n) is 3.88. The first-order valence-corrected chi connectivity index (χ1v) is 6.86. The Morgan fingerprint density at radius 1 is 1.12 bits per heavy atom. The highest BCUT2D eigenvalue weighted by molar-refractivity contribution is 9.11. The summed E-state index contributed by atoms with van der Waals surface area (Å²) in [5.74, 6) is 0. The molecular formula is C12H17Br2NO2. The first-order chi connectivity index (χ1) is 7.99. The van der Waals surface area contributed by atoms with E-state index < -0.39 is 0 Å². The number of halogens is 2. The van der Waals surface area contributed by atoms with Gasteiger partial charge in [-0.2, -0.15) is 0 Å². The van der Waals surface area contributed by atoms with Gasteiger partial charge in [0.15, 0.2) is 6.29 Å². The van der Waals surface area contributed by atoms with Crippen LogP contribution in [0.3, 0.4) is 0 Å². The Morgan fingerprint density at radius 2 is 1.59 bits per heavy atom. The Balaban J connectivity index is 2.88. The van der Waals surface area contributed by atoms with Gasteiger partial charge in [-0.1, -0.05) is 0 Å². The van der Waals surface area contributed by atoms with E-state index in [2.05, 4.69) is 56.2 Å². The number of ether oxygens (including phenoxy) is 2. The summed E-state index contributed by atoms with van der Waals surface area (Å²) in [6, 6.07) is 4.17. The van der Waals surface area contributed by atoms with E-state index >= 15 is 0 Å². The summed E-state index contributed by atoms with van der Waals surface area (Å²) in [6.07, 6.45) is -0.282. The van der Waals surface area contributed by atoms with Gasteiger partial charge in [0.2, 0.25) is 0 Å². The van der Waals surface area contributed by atoms with Crippen molar-refractivity contribution in [3.05, 3.63) is 26.6 Å². The molecule has 0 fully saturated rings. The average molecular weight is 367 g/mol. The molecule has 5 heteroatoms. The Hall–Kier alpha value is -0.100. The molecule has 0 aromatic heterocycles. The fraction of sp³-hybridized carbons (Fsp3) is 0.500. The summed E-state index contributed by atoms with van der Waals surface area (Å²) in [6.45, 7) is 4.06. The molecule has 0 amide bonds. The average Bonchev–Trinajstić information content (AvgIpc) is 2.25. The van der Waals surface area contributed by atoms with Crippen molar-refractivity contribution >= 4 is 37.5 Å². The quantitative estimate of drug-likeness (QED) is 0.800. The third-order valence-electron chi connectivity index (χ3n) is 2.43. The van der Waals surface area contributed by atoms with Crippen molar-refractivity contribution in [2.45, 2.75) is 26.2 Å². The van der Waals surface area contributed by atoms with Crippen LogP contribution < -0.4 is 5.32 Å². The summed E-state index contributed by atoms with van der Waals surface area (Å²) in [5, 5.41) is 3.36. The van der Waals surface area contributed by atoms with E-state index in [4.69, 9.17) is 9.47 Å². The Kier molecular flexibility index (Phi) is 5.92. The van der Waals surface area contributed by atoms with Crippen molar-refractivity contribution in [3.63, 3.8) is 0 Å². The number of rotatable bonds is 5. The van der Waals surface area contributed by atoms with E-state index in [0.717, 1.165) is 14.6 Å². The smallest absolute Gasteiger partial charge is 0.176 e. The van der Waals surface area contributed by atoms with Crippen LogP contribution in [0.25, 0.3) is 0 Å². The molecule has 1 aromatic rings. The maximum atomic E-state index is 5.22. The summed E-state index contributed by atoms with van der Waals surface area (Å²) in [4.78, 5) is 0. The van der Waals surface area contributed by atoms with Gasteiger partial charge in [-0.3, -0.25) is 0 Å². The molecule has 0 saturated carbocycles. The Labute approximate surface area is 119 Å². The predicted molar refractivity (Wildman–Crippen MR) is 77.5 cm³/mol. The topological polar surface area (TPSA) is 30.5 Å². The third kappa shape index (κ3) is 3.95. The minimum atomic E-state index is -0.282. The molecule has 1 aromatic carbocycles. The summed E-state index contributed by atoms with van der Waals surface area (Å²) < 4.78 is 12.5. The molecule has 0 saturated heterocycles. The van der Waals surface area contributed by atoms with Crippen LogP contribution in [0, 0.1) is 6.92 Å². The normalized spacial score (nSPS) is 12.9. The van der Waals surface area contributed by atoms with E-state index in [1.807, 2.05) is 6.92 Å². The van der Waals surface area contributed by atoms with Gasteiger partial charge in [-0.15, -0.1) is 0 Å². The molecule has 0 heterocycles. The minimum Gasteiger partial charge on any atom is -0.376 e. The highest BCUT2D eigenvalue weighted by atomic mass is 79.9. The van der Waals surface area contributed by atoms with Crippen molar-refractivity contribution in [1.29, 1.82) is 0 Å². The molecule has 0 aliphatic rings. The lowest BCUT2D eigenvalue weighted by Crippen LogP contribution is -2.34. The van der Waals surface area contributed by atoms with Crippen molar-refractivity contribution in [3.8, 4) is 0 Å². The molecule has 1 N–H and O–H groups in total. The van der Waals surface area contributed by atoms with Gasteiger partial charge >= 0.3 is 0 Å². The first-order valence-electron chi connectivity index (χ1n) is 5.27. The van der Waals surface area contributed by atoms with Gasteiger partial charge in [0, 0.05) is 23.2 Å². The predicted octanol–water partition coefficient (Wildman–Crippen LogP) is 3.94. The van der Waals surface area contributed by atoms with Crippen LogP contribution in [0.15, 0.2) is 21.1 Å². The van der Waals surface area contributed by atoms with E-state index in [0.29, 0.717) is 0 Å². The maximum absolute atomic E-state index is 5.22.